The van der Waals surface area contributed by atoms with Crippen LogP contribution in [0.4, 0.5) is 0 Å². The fraction of sp³-hybridized carbons (Fsp3) is 0.692. The van der Waals surface area contributed by atoms with Gasteiger partial charge in [-0.3, -0.25) is 0 Å². The molecule has 0 radical (unpaired) electrons. The summed E-state index contributed by atoms with van der Waals surface area (Å²) < 4.78 is 0. The number of allylic oxidation sites excluding steroid dienone is 4. The van der Waals surface area contributed by atoms with Crippen LogP contribution in [0, 0.1) is 5.92 Å². The van der Waals surface area contributed by atoms with Gasteiger partial charge in [0.05, 0.1) is 0 Å². The summed E-state index contributed by atoms with van der Waals surface area (Å²) in [6, 6.07) is 0. The molecule has 0 aromatic heterocycles. The van der Waals surface area contributed by atoms with E-state index in [0.717, 1.165) is 5.92 Å². The van der Waals surface area contributed by atoms with Crippen molar-refractivity contribution in [1.29, 1.82) is 0 Å². The van der Waals surface area contributed by atoms with E-state index in [4.69, 9.17) is 0 Å². The molecule has 0 amide bonds. The fourth-order valence-electron chi connectivity index (χ4n) is 2.21. The molecule has 13 heavy (non-hydrogen) atoms. The van der Waals surface area contributed by atoms with Crippen LogP contribution < -0.4 is 0 Å². The smallest absolute Gasteiger partial charge is 0.0165 e. The van der Waals surface area contributed by atoms with Gasteiger partial charge in [-0.15, -0.1) is 0 Å². The minimum atomic E-state index is 0.855. The second-order valence-corrected chi connectivity index (χ2v) is 4.35. The van der Waals surface area contributed by atoms with Gasteiger partial charge in [0.25, 0.3) is 0 Å². The first-order valence-corrected chi connectivity index (χ1v) is 5.55. The maximum Gasteiger partial charge on any atom is -0.0165 e. The van der Waals surface area contributed by atoms with Gasteiger partial charge < -0.3 is 0 Å². The van der Waals surface area contributed by atoms with Crippen molar-refractivity contribution in [3.05, 3.63) is 23.3 Å². The van der Waals surface area contributed by atoms with Crippen LogP contribution in [0.15, 0.2) is 23.3 Å². The van der Waals surface area contributed by atoms with Gasteiger partial charge in [0.15, 0.2) is 0 Å². The molecule has 0 aromatic carbocycles. The van der Waals surface area contributed by atoms with Crippen LogP contribution in [0.3, 0.4) is 0 Å². The molecule has 0 atom stereocenters. The van der Waals surface area contributed by atoms with Crippen LogP contribution in [0.1, 0.15) is 52.9 Å². The van der Waals surface area contributed by atoms with Crippen LogP contribution in [0.2, 0.25) is 0 Å². The highest BCUT2D eigenvalue weighted by Crippen LogP contribution is 2.30. The van der Waals surface area contributed by atoms with Gasteiger partial charge in [0.2, 0.25) is 0 Å². The van der Waals surface area contributed by atoms with Gasteiger partial charge >= 0.3 is 0 Å². The van der Waals surface area contributed by atoms with Crippen molar-refractivity contribution in [1.82, 2.24) is 0 Å². The summed E-state index contributed by atoms with van der Waals surface area (Å²) in [6.07, 6.45) is 11.8. The van der Waals surface area contributed by atoms with E-state index in [0.29, 0.717) is 0 Å². The van der Waals surface area contributed by atoms with Crippen molar-refractivity contribution in [2.75, 3.05) is 0 Å². The third kappa shape index (κ3) is 3.38. The molecule has 0 saturated heterocycles. The minimum Gasteiger partial charge on any atom is -0.0842 e. The first kappa shape index (κ1) is 10.6. The average Bonchev–Trinajstić information content (AvgIpc) is 2.15. The van der Waals surface area contributed by atoms with E-state index >= 15 is 0 Å². The standard InChI is InChI=1S/C13H22/c1-4-12(10-11(2)3)13-8-6-5-7-9-13/h4,10,13H,5-9H2,1-3H3/b12-4+. The predicted octanol–water partition coefficient (Wildman–Crippen LogP) is 4.48. The molecule has 0 heterocycles. The minimum absolute atomic E-state index is 0.855. The molecule has 0 N–H and O–H groups in total. The Bertz CT molecular complexity index is 198. The SMILES string of the molecule is C/C=C(\C=C(C)C)C1CCCCC1. The monoisotopic (exact) mass is 178 g/mol. The van der Waals surface area contributed by atoms with Gasteiger partial charge in [-0.1, -0.05) is 37.0 Å². The summed E-state index contributed by atoms with van der Waals surface area (Å²) in [4.78, 5) is 0. The molecular weight excluding hydrogens is 156 g/mol. The maximum absolute atomic E-state index is 2.36. The van der Waals surface area contributed by atoms with E-state index in [1.807, 2.05) is 0 Å². The zero-order valence-corrected chi connectivity index (χ0v) is 9.27. The number of hydrogen-bond acceptors (Lipinski definition) is 0. The Labute approximate surface area is 82.7 Å². The van der Waals surface area contributed by atoms with Crippen molar-refractivity contribution in [2.24, 2.45) is 5.92 Å². The Kier molecular flexibility index (Phi) is 4.27. The molecule has 1 aliphatic carbocycles. The summed E-state index contributed by atoms with van der Waals surface area (Å²) >= 11 is 0. The summed E-state index contributed by atoms with van der Waals surface area (Å²) in [5.41, 5.74) is 3.00. The quantitative estimate of drug-likeness (QED) is 0.547. The molecule has 0 aliphatic heterocycles. The van der Waals surface area contributed by atoms with Gasteiger partial charge in [-0.2, -0.15) is 0 Å². The van der Waals surface area contributed by atoms with Crippen molar-refractivity contribution in [3.63, 3.8) is 0 Å². The van der Waals surface area contributed by atoms with Gasteiger partial charge in [0, 0.05) is 0 Å². The summed E-state index contributed by atoms with van der Waals surface area (Å²) in [6.45, 7) is 6.54. The molecule has 0 nitrogen and oxygen atoms in total. The maximum atomic E-state index is 2.36. The second-order valence-electron chi connectivity index (χ2n) is 4.35. The molecular formula is C13H22. The Morgan fingerprint density at radius 1 is 1.08 bits per heavy atom. The second kappa shape index (κ2) is 5.26. The molecule has 74 valence electrons. The lowest BCUT2D eigenvalue weighted by molar-refractivity contribution is 0.408. The van der Waals surface area contributed by atoms with Gasteiger partial charge in [0.1, 0.15) is 0 Å². The van der Waals surface area contributed by atoms with Crippen molar-refractivity contribution in [2.45, 2.75) is 52.9 Å². The predicted molar refractivity (Wildman–Crippen MR) is 59.8 cm³/mol. The van der Waals surface area contributed by atoms with Crippen LogP contribution in [-0.2, 0) is 0 Å². The van der Waals surface area contributed by atoms with Crippen LogP contribution in [0.25, 0.3) is 0 Å². The highest BCUT2D eigenvalue weighted by Gasteiger charge is 2.15. The van der Waals surface area contributed by atoms with E-state index in [2.05, 4.69) is 32.9 Å². The van der Waals surface area contributed by atoms with Crippen molar-refractivity contribution < 1.29 is 0 Å². The van der Waals surface area contributed by atoms with Crippen molar-refractivity contribution in [3.8, 4) is 0 Å². The molecule has 1 saturated carbocycles. The number of hydrogen-bond donors (Lipinski definition) is 0. The van der Waals surface area contributed by atoms with E-state index < -0.39 is 0 Å². The average molecular weight is 178 g/mol. The Hall–Kier alpha value is -0.520. The topological polar surface area (TPSA) is 0 Å². The summed E-state index contributed by atoms with van der Waals surface area (Å²) in [5, 5.41) is 0. The lowest BCUT2D eigenvalue weighted by Crippen LogP contribution is -2.07. The Morgan fingerprint density at radius 3 is 2.15 bits per heavy atom. The largest absolute Gasteiger partial charge is 0.0842 e. The first-order chi connectivity index (χ1) is 6.24. The van der Waals surface area contributed by atoms with Crippen molar-refractivity contribution >= 4 is 0 Å². The van der Waals surface area contributed by atoms with Gasteiger partial charge in [-0.05, 0) is 45.1 Å². The first-order valence-electron chi connectivity index (χ1n) is 5.55. The van der Waals surface area contributed by atoms with Gasteiger partial charge in [-0.25, -0.2) is 0 Å². The van der Waals surface area contributed by atoms with Crippen LogP contribution >= 0.6 is 0 Å². The molecule has 0 unspecified atom stereocenters. The highest BCUT2D eigenvalue weighted by molar-refractivity contribution is 5.24. The third-order valence-electron chi connectivity index (χ3n) is 2.87. The lowest BCUT2D eigenvalue weighted by Gasteiger charge is -2.22. The zero-order chi connectivity index (χ0) is 9.68. The van der Waals surface area contributed by atoms with Crippen LogP contribution in [0.5, 0.6) is 0 Å². The van der Waals surface area contributed by atoms with Crippen LogP contribution in [-0.4, -0.2) is 0 Å². The van der Waals surface area contributed by atoms with E-state index in [1.54, 1.807) is 5.57 Å². The normalized spacial score (nSPS) is 20.1. The lowest BCUT2D eigenvalue weighted by atomic mass is 9.83. The molecule has 1 aliphatic rings. The van der Waals surface area contributed by atoms with E-state index in [1.165, 1.54) is 37.7 Å². The molecule has 0 aromatic rings. The summed E-state index contributed by atoms with van der Waals surface area (Å²) in [5.74, 6) is 0.855. The number of rotatable bonds is 2. The van der Waals surface area contributed by atoms with E-state index in [9.17, 15) is 0 Å². The highest BCUT2D eigenvalue weighted by atomic mass is 14.2. The Morgan fingerprint density at radius 2 is 1.69 bits per heavy atom. The molecule has 1 fully saturated rings. The molecule has 1 rings (SSSR count). The molecule has 0 heteroatoms. The zero-order valence-electron chi connectivity index (χ0n) is 9.27. The third-order valence-corrected chi connectivity index (χ3v) is 2.87. The molecule has 0 bridgehead atoms. The van der Waals surface area contributed by atoms with E-state index in [-0.39, 0.29) is 0 Å². The summed E-state index contributed by atoms with van der Waals surface area (Å²) in [7, 11) is 0. The molecule has 0 spiro atoms. The fourth-order valence-corrected chi connectivity index (χ4v) is 2.21. The Balaban J connectivity index is 2.60.